The second kappa shape index (κ2) is 5.29. The van der Waals surface area contributed by atoms with Gasteiger partial charge in [0.15, 0.2) is 0 Å². The summed E-state index contributed by atoms with van der Waals surface area (Å²) in [6.07, 6.45) is 3.28. The van der Waals surface area contributed by atoms with E-state index in [4.69, 9.17) is 5.73 Å². The van der Waals surface area contributed by atoms with E-state index < -0.39 is 0 Å². The van der Waals surface area contributed by atoms with Crippen molar-refractivity contribution in [1.29, 1.82) is 0 Å². The number of rotatable bonds is 1. The molecule has 1 heterocycles. The maximum atomic E-state index is 12.3. The smallest absolute Gasteiger partial charge is 0.253 e. The molecule has 4 heteroatoms. The van der Waals surface area contributed by atoms with Crippen LogP contribution in [0.4, 0.5) is 5.69 Å². The Morgan fingerprint density at radius 3 is 2.89 bits per heavy atom. The molecule has 0 radical (unpaired) electrons. The van der Waals surface area contributed by atoms with E-state index in [-0.39, 0.29) is 11.7 Å². The Labute approximate surface area is 107 Å². The van der Waals surface area contributed by atoms with Crippen LogP contribution in [0.1, 0.15) is 36.5 Å². The second-order valence-electron chi connectivity index (χ2n) is 5.10. The van der Waals surface area contributed by atoms with Crippen LogP contribution in [-0.4, -0.2) is 29.0 Å². The zero-order valence-corrected chi connectivity index (χ0v) is 10.7. The van der Waals surface area contributed by atoms with Gasteiger partial charge in [0.05, 0.1) is 5.69 Å². The third kappa shape index (κ3) is 2.75. The number of nitrogens with zero attached hydrogens (tertiary/aromatic N) is 1. The molecule has 1 amide bonds. The standard InChI is InChI=1S/C14H20N2O2/c1-10-3-2-7-16(8-6-10)14(18)11-4-5-12(15)13(17)9-11/h4-5,9-10,17H,2-3,6-8,15H2,1H3. The van der Waals surface area contributed by atoms with E-state index in [1.165, 1.54) is 12.5 Å². The highest BCUT2D eigenvalue weighted by Gasteiger charge is 2.20. The maximum absolute atomic E-state index is 12.3. The molecule has 3 N–H and O–H groups in total. The minimum Gasteiger partial charge on any atom is -0.506 e. The molecule has 2 rings (SSSR count). The number of phenols is 1. The van der Waals surface area contributed by atoms with E-state index >= 15 is 0 Å². The predicted molar refractivity (Wildman–Crippen MR) is 71.4 cm³/mol. The van der Waals surface area contributed by atoms with Crippen molar-refractivity contribution in [2.24, 2.45) is 5.92 Å². The minimum atomic E-state index is -0.0240. The SMILES string of the molecule is CC1CCCN(C(=O)c2ccc(N)c(O)c2)CC1. The Bertz CT molecular complexity index is 445. The van der Waals surface area contributed by atoms with Crippen molar-refractivity contribution < 1.29 is 9.90 Å². The first-order valence-electron chi connectivity index (χ1n) is 6.45. The van der Waals surface area contributed by atoms with Gasteiger partial charge in [-0.25, -0.2) is 0 Å². The fourth-order valence-electron chi connectivity index (χ4n) is 2.33. The number of amides is 1. The van der Waals surface area contributed by atoms with Crippen molar-refractivity contribution >= 4 is 11.6 Å². The molecule has 18 heavy (non-hydrogen) atoms. The number of anilines is 1. The lowest BCUT2D eigenvalue weighted by Gasteiger charge is -2.20. The van der Waals surface area contributed by atoms with Gasteiger partial charge >= 0.3 is 0 Å². The molecule has 1 aliphatic rings. The van der Waals surface area contributed by atoms with Crippen molar-refractivity contribution in [2.45, 2.75) is 26.2 Å². The summed E-state index contributed by atoms with van der Waals surface area (Å²) < 4.78 is 0. The van der Waals surface area contributed by atoms with E-state index in [0.29, 0.717) is 17.2 Å². The quantitative estimate of drug-likeness (QED) is 0.591. The number of carbonyl (C=O) groups is 1. The van der Waals surface area contributed by atoms with Gasteiger partial charge in [0, 0.05) is 18.7 Å². The average molecular weight is 248 g/mol. The number of nitrogen functional groups attached to an aromatic ring is 1. The number of hydrogen-bond donors (Lipinski definition) is 2. The highest BCUT2D eigenvalue weighted by molar-refractivity contribution is 5.95. The van der Waals surface area contributed by atoms with Crippen molar-refractivity contribution in [3.05, 3.63) is 23.8 Å². The van der Waals surface area contributed by atoms with Gasteiger partial charge in [0.2, 0.25) is 0 Å². The normalized spacial score (nSPS) is 20.5. The highest BCUT2D eigenvalue weighted by Crippen LogP contribution is 2.23. The number of aromatic hydroxyl groups is 1. The zero-order chi connectivity index (χ0) is 13.1. The first-order valence-corrected chi connectivity index (χ1v) is 6.45. The van der Waals surface area contributed by atoms with E-state index in [1.54, 1.807) is 12.1 Å². The van der Waals surface area contributed by atoms with Crippen molar-refractivity contribution in [1.82, 2.24) is 4.90 Å². The summed E-state index contributed by atoms with van der Waals surface area (Å²) in [5, 5.41) is 9.55. The summed E-state index contributed by atoms with van der Waals surface area (Å²) in [5.74, 6) is 0.645. The summed E-state index contributed by atoms with van der Waals surface area (Å²) in [7, 11) is 0. The Kier molecular flexibility index (Phi) is 3.75. The van der Waals surface area contributed by atoms with E-state index in [1.807, 2.05) is 4.90 Å². The molecule has 1 aromatic carbocycles. The minimum absolute atomic E-state index is 0.0144. The maximum Gasteiger partial charge on any atom is 0.253 e. The Morgan fingerprint density at radius 2 is 2.17 bits per heavy atom. The zero-order valence-electron chi connectivity index (χ0n) is 10.7. The molecule has 0 spiro atoms. The van der Waals surface area contributed by atoms with E-state index in [9.17, 15) is 9.90 Å². The third-order valence-electron chi connectivity index (χ3n) is 3.58. The molecule has 0 aromatic heterocycles. The number of carbonyl (C=O) groups excluding carboxylic acids is 1. The van der Waals surface area contributed by atoms with Crippen LogP contribution in [0, 0.1) is 5.92 Å². The lowest BCUT2D eigenvalue weighted by atomic mass is 10.0. The Hall–Kier alpha value is -1.71. The van der Waals surface area contributed by atoms with Crippen LogP contribution in [0.15, 0.2) is 18.2 Å². The molecule has 1 saturated heterocycles. The predicted octanol–water partition coefficient (Wildman–Crippen LogP) is 2.24. The van der Waals surface area contributed by atoms with Crippen LogP contribution in [-0.2, 0) is 0 Å². The molecule has 0 aliphatic carbocycles. The third-order valence-corrected chi connectivity index (χ3v) is 3.58. The molecule has 1 aromatic rings. The van der Waals surface area contributed by atoms with Crippen molar-refractivity contribution in [2.75, 3.05) is 18.8 Å². The summed E-state index contributed by atoms with van der Waals surface area (Å²) in [5.41, 5.74) is 6.35. The van der Waals surface area contributed by atoms with Crippen LogP contribution in [0.25, 0.3) is 0 Å². The van der Waals surface area contributed by atoms with Crippen LogP contribution in [0.5, 0.6) is 5.75 Å². The largest absolute Gasteiger partial charge is 0.506 e. The molecule has 0 bridgehead atoms. The van der Waals surface area contributed by atoms with Gasteiger partial charge in [-0.15, -0.1) is 0 Å². The molecule has 98 valence electrons. The first-order chi connectivity index (χ1) is 8.58. The topological polar surface area (TPSA) is 66.6 Å². The van der Waals surface area contributed by atoms with Gasteiger partial charge in [-0.1, -0.05) is 6.92 Å². The van der Waals surface area contributed by atoms with E-state index in [2.05, 4.69) is 6.92 Å². The van der Waals surface area contributed by atoms with Gasteiger partial charge in [0.25, 0.3) is 5.91 Å². The Morgan fingerprint density at radius 1 is 1.39 bits per heavy atom. The summed E-state index contributed by atoms with van der Waals surface area (Å²) >= 11 is 0. The molecular formula is C14H20N2O2. The summed E-state index contributed by atoms with van der Waals surface area (Å²) in [6, 6.07) is 4.70. The first kappa shape index (κ1) is 12.7. The van der Waals surface area contributed by atoms with Crippen LogP contribution in [0.3, 0.4) is 0 Å². The fraction of sp³-hybridized carbons (Fsp3) is 0.500. The molecule has 4 nitrogen and oxygen atoms in total. The fourth-order valence-corrected chi connectivity index (χ4v) is 2.33. The van der Waals surface area contributed by atoms with E-state index in [0.717, 1.165) is 25.9 Å². The molecule has 1 unspecified atom stereocenters. The van der Waals surface area contributed by atoms with Gasteiger partial charge in [-0.05, 0) is 43.4 Å². The van der Waals surface area contributed by atoms with Crippen LogP contribution >= 0.6 is 0 Å². The number of nitrogens with two attached hydrogens (primary N) is 1. The van der Waals surface area contributed by atoms with Crippen LogP contribution < -0.4 is 5.73 Å². The molecular weight excluding hydrogens is 228 g/mol. The number of benzene rings is 1. The molecule has 1 fully saturated rings. The van der Waals surface area contributed by atoms with Gasteiger partial charge in [0.1, 0.15) is 5.75 Å². The number of hydrogen-bond acceptors (Lipinski definition) is 3. The summed E-state index contributed by atoms with van der Waals surface area (Å²) in [6.45, 7) is 3.82. The summed E-state index contributed by atoms with van der Waals surface area (Å²) in [4.78, 5) is 14.2. The average Bonchev–Trinajstić information content (AvgIpc) is 2.57. The molecule has 1 aliphatic heterocycles. The molecule has 0 saturated carbocycles. The Balaban J connectivity index is 2.12. The van der Waals surface area contributed by atoms with Gasteiger partial charge in [-0.2, -0.15) is 0 Å². The van der Waals surface area contributed by atoms with Crippen LogP contribution in [0.2, 0.25) is 0 Å². The molecule has 1 atom stereocenters. The number of phenolic OH excluding ortho intramolecular Hbond substituents is 1. The second-order valence-corrected chi connectivity index (χ2v) is 5.10. The monoisotopic (exact) mass is 248 g/mol. The van der Waals surface area contributed by atoms with Gasteiger partial charge in [-0.3, -0.25) is 4.79 Å². The van der Waals surface area contributed by atoms with Crippen molar-refractivity contribution in [3.63, 3.8) is 0 Å². The van der Waals surface area contributed by atoms with Crippen molar-refractivity contribution in [3.8, 4) is 5.75 Å². The number of likely N-dealkylation sites (tertiary alicyclic amines) is 1. The lowest BCUT2D eigenvalue weighted by molar-refractivity contribution is 0.0760. The lowest BCUT2D eigenvalue weighted by Crippen LogP contribution is -2.31. The highest BCUT2D eigenvalue weighted by atomic mass is 16.3. The van der Waals surface area contributed by atoms with Gasteiger partial charge < -0.3 is 15.7 Å².